The van der Waals surface area contributed by atoms with Gasteiger partial charge in [0.15, 0.2) is 5.96 Å². The second-order valence-corrected chi connectivity index (χ2v) is 8.17. The molecule has 1 saturated heterocycles. The van der Waals surface area contributed by atoms with Gasteiger partial charge in [0, 0.05) is 43.4 Å². The summed E-state index contributed by atoms with van der Waals surface area (Å²) in [5.74, 6) is 1.00. The molecule has 1 aromatic rings. The standard InChI is InChI=1S/C17H29N5OS/c1-6-18-16(20-12-7-8-15(23)22(5)10-12)19-9-14-21-13(11-24-14)17(2,3)4/h11-12H,6-10H2,1-5H3,(H2,18,19,20). The van der Waals surface area contributed by atoms with Crippen LogP contribution >= 0.6 is 11.3 Å². The molecule has 2 N–H and O–H groups in total. The maximum Gasteiger partial charge on any atom is 0.222 e. The van der Waals surface area contributed by atoms with Crippen LogP contribution in [0.5, 0.6) is 0 Å². The Morgan fingerprint density at radius 1 is 1.50 bits per heavy atom. The number of hydrogen-bond acceptors (Lipinski definition) is 4. The molecule has 1 aromatic heterocycles. The van der Waals surface area contributed by atoms with Crippen molar-refractivity contribution in [3.05, 3.63) is 16.1 Å². The zero-order chi connectivity index (χ0) is 17.7. The Kier molecular flexibility index (Phi) is 6.21. The molecule has 134 valence electrons. The van der Waals surface area contributed by atoms with Gasteiger partial charge in [-0.05, 0) is 13.3 Å². The minimum Gasteiger partial charge on any atom is -0.357 e. The third-order valence-corrected chi connectivity index (χ3v) is 4.84. The van der Waals surface area contributed by atoms with Gasteiger partial charge < -0.3 is 15.5 Å². The predicted molar refractivity (Wildman–Crippen MR) is 99.4 cm³/mol. The summed E-state index contributed by atoms with van der Waals surface area (Å²) >= 11 is 1.66. The van der Waals surface area contributed by atoms with Gasteiger partial charge in [-0.15, -0.1) is 11.3 Å². The molecule has 1 amide bonds. The van der Waals surface area contributed by atoms with Gasteiger partial charge >= 0.3 is 0 Å². The lowest BCUT2D eigenvalue weighted by atomic mass is 9.93. The lowest BCUT2D eigenvalue weighted by Gasteiger charge is -2.31. The van der Waals surface area contributed by atoms with Crippen LogP contribution in [-0.4, -0.2) is 47.9 Å². The van der Waals surface area contributed by atoms with Crippen LogP contribution in [0.3, 0.4) is 0 Å². The van der Waals surface area contributed by atoms with Crippen molar-refractivity contribution in [1.82, 2.24) is 20.5 Å². The van der Waals surface area contributed by atoms with E-state index in [9.17, 15) is 4.79 Å². The van der Waals surface area contributed by atoms with Gasteiger partial charge in [-0.3, -0.25) is 4.79 Å². The van der Waals surface area contributed by atoms with Crippen molar-refractivity contribution in [2.75, 3.05) is 20.1 Å². The third-order valence-electron chi connectivity index (χ3n) is 4.00. The second kappa shape index (κ2) is 7.96. The molecule has 1 unspecified atom stereocenters. The first kappa shape index (κ1) is 18.7. The van der Waals surface area contributed by atoms with E-state index >= 15 is 0 Å². The first-order chi connectivity index (χ1) is 11.3. The largest absolute Gasteiger partial charge is 0.357 e. The van der Waals surface area contributed by atoms with E-state index in [-0.39, 0.29) is 17.4 Å². The first-order valence-corrected chi connectivity index (χ1v) is 9.41. The number of piperidine rings is 1. The molecule has 7 heteroatoms. The molecule has 0 saturated carbocycles. The molecule has 0 bridgehead atoms. The van der Waals surface area contributed by atoms with E-state index in [0.29, 0.717) is 19.5 Å². The van der Waals surface area contributed by atoms with Crippen molar-refractivity contribution in [3.63, 3.8) is 0 Å². The molecule has 1 atom stereocenters. The Bertz CT molecular complexity index is 590. The monoisotopic (exact) mass is 351 g/mol. The van der Waals surface area contributed by atoms with Crippen LogP contribution in [0.4, 0.5) is 0 Å². The van der Waals surface area contributed by atoms with Crippen molar-refractivity contribution >= 4 is 23.2 Å². The number of hydrogen-bond donors (Lipinski definition) is 2. The van der Waals surface area contributed by atoms with Crippen LogP contribution < -0.4 is 10.6 Å². The number of likely N-dealkylation sites (N-methyl/N-ethyl adjacent to an activating group) is 1. The minimum absolute atomic E-state index is 0.0699. The van der Waals surface area contributed by atoms with Gasteiger partial charge in [-0.2, -0.15) is 0 Å². The number of rotatable bonds is 4. The maximum absolute atomic E-state index is 11.6. The van der Waals surface area contributed by atoms with Crippen molar-refractivity contribution in [3.8, 4) is 0 Å². The predicted octanol–water partition coefficient (Wildman–Crippen LogP) is 2.12. The molecule has 6 nitrogen and oxygen atoms in total. The summed E-state index contributed by atoms with van der Waals surface area (Å²) in [7, 11) is 1.85. The number of guanidine groups is 1. The second-order valence-electron chi connectivity index (χ2n) is 7.23. The molecule has 1 aliphatic heterocycles. The van der Waals surface area contributed by atoms with Crippen LogP contribution in [0.1, 0.15) is 51.2 Å². The Hall–Kier alpha value is -1.63. The smallest absolute Gasteiger partial charge is 0.222 e. The van der Waals surface area contributed by atoms with E-state index in [4.69, 9.17) is 0 Å². The molecule has 2 heterocycles. The molecule has 2 rings (SSSR count). The van der Waals surface area contributed by atoms with E-state index in [1.165, 1.54) is 0 Å². The molecule has 0 aromatic carbocycles. The van der Waals surface area contributed by atoms with Crippen LogP contribution in [0, 0.1) is 0 Å². The molecular formula is C17H29N5OS. The zero-order valence-electron chi connectivity index (χ0n) is 15.3. The number of carbonyl (C=O) groups is 1. The quantitative estimate of drug-likeness (QED) is 0.644. The summed E-state index contributed by atoms with van der Waals surface area (Å²) in [5.41, 5.74) is 1.18. The lowest BCUT2D eigenvalue weighted by molar-refractivity contribution is -0.132. The summed E-state index contributed by atoms with van der Waals surface area (Å²) in [4.78, 5) is 22.7. The number of nitrogens with one attached hydrogen (secondary N) is 2. The fraction of sp³-hybridized carbons (Fsp3) is 0.706. The Morgan fingerprint density at radius 2 is 2.25 bits per heavy atom. The number of amides is 1. The van der Waals surface area contributed by atoms with Gasteiger partial charge in [0.2, 0.25) is 5.91 Å². The van der Waals surface area contributed by atoms with Gasteiger partial charge in [0.05, 0.1) is 12.2 Å². The molecule has 1 aliphatic rings. The average Bonchev–Trinajstić information content (AvgIpc) is 2.98. The highest BCUT2D eigenvalue weighted by Gasteiger charge is 2.23. The number of aliphatic imine (C=N–C) groups is 1. The molecular weight excluding hydrogens is 322 g/mol. The topological polar surface area (TPSA) is 69.6 Å². The number of likely N-dealkylation sites (tertiary alicyclic amines) is 1. The van der Waals surface area contributed by atoms with E-state index in [1.807, 2.05) is 7.05 Å². The number of aromatic nitrogens is 1. The molecule has 24 heavy (non-hydrogen) atoms. The fourth-order valence-electron chi connectivity index (χ4n) is 2.52. The van der Waals surface area contributed by atoms with Gasteiger partial charge in [0.1, 0.15) is 5.01 Å². The maximum atomic E-state index is 11.6. The Balaban J connectivity index is 1.98. The number of thiazole rings is 1. The first-order valence-electron chi connectivity index (χ1n) is 8.53. The van der Waals surface area contributed by atoms with E-state index < -0.39 is 0 Å². The van der Waals surface area contributed by atoms with Crippen LogP contribution in [0.2, 0.25) is 0 Å². The zero-order valence-corrected chi connectivity index (χ0v) is 16.2. The highest BCUT2D eigenvalue weighted by atomic mass is 32.1. The van der Waals surface area contributed by atoms with Crippen LogP contribution in [0.25, 0.3) is 0 Å². The van der Waals surface area contributed by atoms with Crippen LogP contribution in [-0.2, 0) is 16.8 Å². The SMILES string of the molecule is CCNC(=NCc1nc(C(C)(C)C)cs1)NC1CCC(=O)N(C)C1. The number of carbonyl (C=O) groups excluding carboxylic acids is 1. The Labute approximate surface area is 148 Å². The third kappa shape index (κ3) is 5.19. The van der Waals surface area contributed by atoms with Crippen molar-refractivity contribution in [2.45, 2.75) is 58.5 Å². The highest BCUT2D eigenvalue weighted by Crippen LogP contribution is 2.24. The van der Waals surface area contributed by atoms with Gasteiger partial charge in [0.25, 0.3) is 0 Å². The van der Waals surface area contributed by atoms with E-state index in [2.05, 4.69) is 53.7 Å². The molecule has 1 fully saturated rings. The van der Waals surface area contributed by atoms with Gasteiger partial charge in [-0.1, -0.05) is 20.8 Å². The van der Waals surface area contributed by atoms with E-state index in [1.54, 1.807) is 16.2 Å². The molecule has 0 spiro atoms. The summed E-state index contributed by atoms with van der Waals surface area (Å²) in [6, 6.07) is 0.243. The van der Waals surface area contributed by atoms with Crippen molar-refractivity contribution in [2.24, 2.45) is 4.99 Å². The lowest BCUT2D eigenvalue weighted by Crippen LogP contribution is -2.51. The highest BCUT2D eigenvalue weighted by molar-refractivity contribution is 7.09. The average molecular weight is 352 g/mol. The van der Waals surface area contributed by atoms with Crippen molar-refractivity contribution in [1.29, 1.82) is 0 Å². The summed E-state index contributed by atoms with van der Waals surface area (Å²) < 4.78 is 0. The molecule has 0 aliphatic carbocycles. The Morgan fingerprint density at radius 3 is 2.83 bits per heavy atom. The van der Waals surface area contributed by atoms with Gasteiger partial charge in [-0.25, -0.2) is 9.98 Å². The summed E-state index contributed by atoms with van der Waals surface area (Å²) in [6.45, 7) is 10.6. The van der Waals surface area contributed by atoms with E-state index in [0.717, 1.165) is 29.6 Å². The fourth-order valence-corrected chi connectivity index (χ4v) is 3.46. The van der Waals surface area contributed by atoms with Crippen molar-refractivity contribution < 1.29 is 4.79 Å². The minimum atomic E-state index is 0.0699. The number of nitrogens with zero attached hydrogens (tertiary/aromatic N) is 3. The normalized spacial score (nSPS) is 19.5. The van der Waals surface area contributed by atoms with Crippen LogP contribution in [0.15, 0.2) is 10.4 Å². The summed E-state index contributed by atoms with van der Waals surface area (Å²) in [5, 5.41) is 9.85. The molecule has 0 radical (unpaired) electrons. The summed E-state index contributed by atoms with van der Waals surface area (Å²) in [6.07, 6.45) is 1.44.